The molecule has 7 heteroatoms. The Morgan fingerprint density at radius 3 is 2.44 bits per heavy atom. The van der Waals surface area contributed by atoms with Gasteiger partial charge in [0.25, 0.3) is 5.91 Å². The number of carbonyl (C=O) groups excluding carboxylic acids is 3. The van der Waals surface area contributed by atoms with Crippen molar-refractivity contribution in [2.24, 2.45) is 5.92 Å². The zero-order valence-electron chi connectivity index (χ0n) is 18.6. The molecular weight excluding hydrogens is 406 g/mol. The van der Waals surface area contributed by atoms with E-state index in [0.717, 1.165) is 69.6 Å². The summed E-state index contributed by atoms with van der Waals surface area (Å²) in [5.74, 6) is 0.504. The minimum Gasteiger partial charge on any atom is -0.393 e. The highest BCUT2D eigenvalue weighted by Gasteiger charge is 2.39. The fourth-order valence-electron chi connectivity index (χ4n) is 5.99. The lowest BCUT2D eigenvalue weighted by molar-refractivity contribution is -0.136. The van der Waals surface area contributed by atoms with Gasteiger partial charge in [0.05, 0.1) is 6.10 Å². The van der Waals surface area contributed by atoms with Crippen molar-refractivity contribution >= 4 is 17.7 Å². The van der Waals surface area contributed by atoms with Gasteiger partial charge in [-0.1, -0.05) is 12.1 Å². The molecule has 7 nitrogen and oxygen atoms in total. The number of aliphatic hydroxyl groups is 1. The summed E-state index contributed by atoms with van der Waals surface area (Å²) in [5.41, 5.74) is 2.98. The lowest BCUT2D eigenvalue weighted by Crippen LogP contribution is -2.52. The first-order valence-electron chi connectivity index (χ1n) is 12.2. The van der Waals surface area contributed by atoms with E-state index in [4.69, 9.17) is 0 Å². The van der Waals surface area contributed by atoms with Crippen molar-refractivity contribution in [3.63, 3.8) is 0 Å². The van der Waals surface area contributed by atoms with E-state index in [0.29, 0.717) is 24.4 Å². The van der Waals surface area contributed by atoms with Gasteiger partial charge in [0.15, 0.2) is 0 Å². The zero-order valence-corrected chi connectivity index (χ0v) is 18.6. The molecule has 1 aromatic rings. The lowest BCUT2D eigenvalue weighted by atomic mass is 9.85. The Balaban J connectivity index is 1.19. The number of aliphatic hydroxyl groups excluding tert-OH is 1. The van der Waals surface area contributed by atoms with Crippen LogP contribution in [0.3, 0.4) is 0 Å². The van der Waals surface area contributed by atoms with Crippen LogP contribution in [0.25, 0.3) is 0 Å². The molecule has 5 rings (SSSR count). The summed E-state index contributed by atoms with van der Waals surface area (Å²) in [5, 5.41) is 12.1. The van der Waals surface area contributed by atoms with Crippen molar-refractivity contribution in [2.45, 2.75) is 76.0 Å². The molecule has 0 aromatic heterocycles. The van der Waals surface area contributed by atoms with Crippen molar-refractivity contribution in [3.8, 4) is 0 Å². The van der Waals surface area contributed by atoms with Gasteiger partial charge in [0.1, 0.15) is 6.04 Å². The van der Waals surface area contributed by atoms with Crippen LogP contribution in [-0.4, -0.2) is 64.4 Å². The summed E-state index contributed by atoms with van der Waals surface area (Å²) >= 11 is 0. The summed E-state index contributed by atoms with van der Waals surface area (Å²) in [4.78, 5) is 40.8. The van der Waals surface area contributed by atoms with E-state index in [1.165, 1.54) is 5.56 Å². The summed E-state index contributed by atoms with van der Waals surface area (Å²) < 4.78 is 0. The second kappa shape index (κ2) is 8.94. The van der Waals surface area contributed by atoms with Gasteiger partial charge in [-0.15, -0.1) is 0 Å². The average Bonchev–Trinajstić information content (AvgIpc) is 3.11. The van der Waals surface area contributed by atoms with Crippen LogP contribution in [-0.2, 0) is 16.1 Å². The van der Waals surface area contributed by atoms with Crippen LogP contribution in [0.4, 0.5) is 0 Å². The van der Waals surface area contributed by atoms with Gasteiger partial charge in [-0.2, -0.15) is 0 Å². The van der Waals surface area contributed by atoms with Crippen molar-refractivity contribution in [1.29, 1.82) is 0 Å². The van der Waals surface area contributed by atoms with Gasteiger partial charge in [-0.25, -0.2) is 0 Å². The van der Waals surface area contributed by atoms with Crippen molar-refractivity contribution in [2.75, 3.05) is 19.6 Å². The molecule has 2 saturated heterocycles. The minimum absolute atomic E-state index is 0.0883. The summed E-state index contributed by atoms with van der Waals surface area (Å²) in [6.07, 6.45) is 7.02. The molecule has 4 aliphatic rings. The second-order valence-electron chi connectivity index (χ2n) is 10.1. The summed E-state index contributed by atoms with van der Waals surface area (Å²) in [7, 11) is 0. The number of hydrogen-bond acceptors (Lipinski definition) is 5. The highest BCUT2D eigenvalue weighted by atomic mass is 16.3. The number of nitrogens with one attached hydrogen (secondary N) is 1. The predicted molar refractivity (Wildman–Crippen MR) is 119 cm³/mol. The van der Waals surface area contributed by atoms with Gasteiger partial charge in [-0.05, 0) is 87.1 Å². The number of benzene rings is 1. The molecular formula is C25H33N3O4. The summed E-state index contributed by atoms with van der Waals surface area (Å²) in [6, 6.07) is 5.63. The fraction of sp³-hybridized carbons (Fsp3) is 0.640. The number of likely N-dealkylation sites (tertiary alicyclic amines) is 1. The number of carbonyl (C=O) groups is 3. The number of hydrogen-bond donors (Lipinski definition) is 2. The quantitative estimate of drug-likeness (QED) is 0.702. The van der Waals surface area contributed by atoms with Crippen LogP contribution in [0.5, 0.6) is 0 Å². The Morgan fingerprint density at radius 2 is 1.72 bits per heavy atom. The van der Waals surface area contributed by atoms with Gasteiger partial charge < -0.3 is 14.9 Å². The molecule has 3 fully saturated rings. The van der Waals surface area contributed by atoms with E-state index < -0.39 is 6.04 Å². The first-order chi connectivity index (χ1) is 15.5. The molecule has 0 radical (unpaired) electrons. The summed E-state index contributed by atoms with van der Waals surface area (Å²) in [6.45, 7) is 3.80. The molecule has 1 atom stereocenters. The van der Waals surface area contributed by atoms with Crippen LogP contribution in [0.15, 0.2) is 18.2 Å². The number of amides is 3. The average molecular weight is 440 g/mol. The standard InChI is InChI=1S/C25H33N3O4/c29-20-4-1-16(2-5-20)14-27-11-9-17(10-12-27)18-3-6-21-19(13-18)15-28(25(21)32)22-7-8-23(30)26-24(22)31/h3,6,13,16-17,20,22,29H,1-2,4-5,7-12,14-15H2,(H,26,30,31). The fourth-order valence-corrected chi connectivity index (χ4v) is 5.99. The van der Waals surface area contributed by atoms with E-state index in [-0.39, 0.29) is 30.2 Å². The Kier molecular flexibility index (Phi) is 6.03. The Morgan fingerprint density at radius 1 is 0.969 bits per heavy atom. The van der Waals surface area contributed by atoms with Crippen LogP contribution in [0, 0.1) is 5.92 Å². The Labute approximate surface area is 189 Å². The molecule has 0 spiro atoms. The molecule has 1 saturated carbocycles. The monoisotopic (exact) mass is 439 g/mol. The molecule has 172 valence electrons. The first-order valence-corrected chi connectivity index (χ1v) is 12.2. The van der Waals surface area contributed by atoms with E-state index >= 15 is 0 Å². The minimum atomic E-state index is -0.555. The van der Waals surface area contributed by atoms with E-state index in [9.17, 15) is 19.5 Å². The first kappa shape index (κ1) is 21.6. The van der Waals surface area contributed by atoms with Gasteiger partial charge in [0, 0.05) is 25.1 Å². The third kappa shape index (κ3) is 4.33. The third-order valence-electron chi connectivity index (χ3n) is 7.94. The maximum absolute atomic E-state index is 12.9. The number of fused-ring (bicyclic) bond motifs is 1. The maximum atomic E-state index is 12.9. The van der Waals surface area contributed by atoms with E-state index in [1.54, 1.807) is 4.90 Å². The van der Waals surface area contributed by atoms with Crippen LogP contribution < -0.4 is 5.32 Å². The van der Waals surface area contributed by atoms with E-state index in [1.807, 2.05) is 6.07 Å². The highest BCUT2D eigenvalue weighted by molar-refractivity contribution is 6.05. The van der Waals surface area contributed by atoms with Gasteiger partial charge in [-0.3, -0.25) is 19.7 Å². The van der Waals surface area contributed by atoms with Crippen molar-refractivity contribution in [1.82, 2.24) is 15.1 Å². The Bertz CT molecular complexity index is 900. The van der Waals surface area contributed by atoms with Crippen LogP contribution >= 0.6 is 0 Å². The maximum Gasteiger partial charge on any atom is 0.255 e. The zero-order chi connectivity index (χ0) is 22.2. The van der Waals surface area contributed by atoms with Gasteiger partial charge >= 0.3 is 0 Å². The number of imide groups is 1. The molecule has 1 aliphatic carbocycles. The van der Waals surface area contributed by atoms with Gasteiger partial charge in [0.2, 0.25) is 11.8 Å². The van der Waals surface area contributed by atoms with E-state index in [2.05, 4.69) is 22.3 Å². The molecule has 0 bridgehead atoms. The molecule has 3 heterocycles. The third-order valence-corrected chi connectivity index (χ3v) is 7.94. The molecule has 1 unspecified atom stereocenters. The molecule has 3 amide bonds. The number of rotatable bonds is 4. The van der Waals surface area contributed by atoms with Crippen LogP contribution in [0.2, 0.25) is 0 Å². The number of piperidine rings is 2. The second-order valence-corrected chi connectivity index (χ2v) is 10.1. The topological polar surface area (TPSA) is 90.0 Å². The lowest BCUT2D eigenvalue weighted by Gasteiger charge is -2.36. The normalized spacial score (nSPS) is 29.8. The largest absolute Gasteiger partial charge is 0.393 e. The molecule has 3 aliphatic heterocycles. The number of nitrogens with zero attached hydrogens (tertiary/aromatic N) is 2. The molecule has 32 heavy (non-hydrogen) atoms. The van der Waals surface area contributed by atoms with Crippen molar-refractivity contribution < 1.29 is 19.5 Å². The molecule has 2 N–H and O–H groups in total. The Hall–Kier alpha value is -2.25. The van der Waals surface area contributed by atoms with Crippen molar-refractivity contribution in [3.05, 3.63) is 34.9 Å². The highest BCUT2D eigenvalue weighted by Crippen LogP contribution is 2.34. The van der Waals surface area contributed by atoms with Crippen LogP contribution in [0.1, 0.15) is 78.8 Å². The predicted octanol–water partition coefficient (Wildman–Crippen LogP) is 2.18. The molecule has 1 aromatic carbocycles. The smallest absolute Gasteiger partial charge is 0.255 e. The SMILES string of the molecule is O=C1CCC(N2Cc3cc(C4CCN(CC5CCC(O)CC5)CC4)ccc3C2=O)C(=O)N1.